The van der Waals surface area contributed by atoms with Gasteiger partial charge in [-0.1, -0.05) is 49.7 Å². The van der Waals surface area contributed by atoms with Crippen molar-refractivity contribution in [3.05, 3.63) is 56.2 Å². The van der Waals surface area contributed by atoms with Gasteiger partial charge in [-0.25, -0.2) is 0 Å². The van der Waals surface area contributed by atoms with Gasteiger partial charge in [-0.15, -0.1) is 11.3 Å². The highest BCUT2D eigenvalue weighted by Gasteiger charge is 2.19. The second-order valence-corrected chi connectivity index (χ2v) is 6.37. The molecule has 20 heavy (non-hydrogen) atoms. The van der Waals surface area contributed by atoms with Crippen molar-refractivity contribution < 1.29 is 0 Å². The molecule has 0 saturated heterocycles. The Hall–Kier alpha value is -0.830. The normalized spacial score (nSPS) is 12.6. The van der Waals surface area contributed by atoms with E-state index in [4.69, 9.17) is 11.6 Å². The van der Waals surface area contributed by atoms with E-state index in [1.165, 1.54) is 21.6 Å². The summed E-state index contributed by atoms with van der Waals surface area (Å²) in [7, 11) is 0. The third kappa shape index (κ3) is 3.43. The van der Waals surface area contributed by atoms with Crippen molar-refractivity contribution in [1.82, 2.24) is 5.32 Å². The lowest BCUT2D eigenvalue weighted by Gasteiger charge is -2.19. The molecule has 1 atom stereocenters. The molecule has 0 aliphatic heterocycles. The minimum Gasteiger partial charge on any atom is -0.306 e. The summed E-state index contributed by atoms with van der Waals surface area (Å²) in [5.74, 6) is 0. The molecule has 1 aromatic carbocycles. The van der Waals surface area contributed by atoms with Crippen molar-refractivity contribution >= 4 is 22.9 Å². The topological polar surface area (TPSA) is 12.0 Å². The van der Waals surface area contributed by atoms with Gasteiger partial charge in [0.2, 0.25) is 0 Å². The van der Waals surface area contributed by atoms with Crippen LogP contribution in [0.1, 0.15) is 47.9 Å². The number of rotatable bonds is 6. The molecule has 0 aliphatic carbocycles. The first-order valence-corrected chi connectivity index (χ1v) is 8.48. The Morgan fingerprint density at radius 2 is 1.90 bits per heavy atom. The fraction of sp³-hybridized carbons (Fsp3) is 0.412. The van der Waals surface area contributed by atoms with E-state index in [-0.39, 0.29) is 6.04 Å². The second-order valence-electron chi connectivity index (χ2n) is 5.08. The third-order valence-corrected chi connectivity index (χ3v) is 5.29. The molecule has 1 heterocycles. The summed E-state index contributed by atoms with van der Waals surface area (Å²) >= 11 is 8.21. The van der Waals surface area contributed by atoms with E-state index >= 15 is 0 Å². The molecular formula is C17H22ClNS. The number of thiophene rings is 1. The van der Waals surface area contributed by atoms with E-state index in [0.29, 0.717) is 0 Å². The highest BCUT2D eigenvalue weighted by Crippen LogP contribution is 2.35. The summed E-state index contributed by atoms with van der Waals surface area (Å²) in [5.41, 5.74) is 3.83. The van der Waals surface area contributed by atoms with Crippen LogP contribution in [0.5, 0.6) is 0 Å². The van der Waals surface area contributed by atoms with Gasteiger partial charge in [0.15, 0.2) is 0 Å². The first-order chi connectivity index (χ1) is 9.67. The fourth-order valence-electron chi connectivity index (χ4n) is 2.24. The average molecular weight is 308 g/mol. The zero-order valence-corrected chi connectivity index (χ0v) is 13.9. The van der Waals surface area contributed by atoms with Gasteiger partial charge < -0.3 is 5.32 Å². The lowest BCUT2D eigenvalue weighted by molar-refractivity contribution is 0.605. The number of nitrogens with one attached hydrogen (secondary N) is 1. The van der Waals surface area contributed by atoms with Crippen molar-refractivity contribution in [2.75, 3.05) is 6.54 Å². The molecule has 108 valence electrons. The van der Waals surface area contributed by atoms with Gasteiger partial charge in [0.05, 0.1) is 11.1 Å². The maximum atomic E-state index is 6.46. The van der Waals surface area contributed by atoms with Gasteiger partial charge >= 0.3 is 0 Å². The van der Waals surface area contributed by atoms with E-state index in [0.717, 1.165) is 24.4 Å². The standard InChI is InChI=1S/C17H22ClNS/c1-4-10-19-16(17-15(18)12(3)11-20-17)14-8-6-13(5-2)7-9-14/h6-9,11,16,19H,4-5,10H2,1-3H3. The van der Waals surface area contributed by atoms with Crippen LogP contribution in [0.2, 0.25) is 5.02 Å². The zero-order chi connectivity index (χ0) is 14.5. The van der Waals surface area contributed by atoms with Gasteiger partial charge in [0, 0.05) is 4.88 Å². The molecule has 0 radical (unpaired) electrons. The molecule has 0 aliphatic rings. The van der Waals surface area contributed by atoms with Crippen LogP contribution in [-0.4, -0.2) is 6.54 Å². The quantitative estimate of drug-likeness (QED) is 0.757. The van der Waals surface area contributed by atoms with Crippen molar-refractivity contribution in [2.24, 2.45) is 0 Å². The Morgan fingerprint density at radius 1 is 1.20 bits per heavy atom. The summed E-state index contributed by atoms with van der Waals surface area (Å²) in [6.07, 6.45) is 2.19. The number of hydrogen-bond donors (Lipinski definition) is 1. The molecule has 1 nitrogen and oxygen atoms in total. The first-order valence-electron chi connectivity index (χ1n) is 7.23. The molecule has 0 spiro atoms. The van der Waals surface area contributed by atoms with Gasteiger partial charge in [0.1, 0.15) is 0 Å². The number of aryl methyl sites for hydroxylation is 2. The molecule has 0 amide bonds. The third-order valence-electron chi connectivity index (χ3n) is 3.51. The summed E-state index contributed by atoms with van der Waals surface area (Å²) in [6, 6.07) is 9.07. The SMILES string of the molecule is CCCNC(c1ccc(CC)cc1)c1scc(C)c1Cl. The Bertz CT molecular complexity index is 545. The van der Waals surface area contributed by atoms with Gasteiger partial charge in [0.25, 0.3) is 0 Å². The molecule has 0 bridgehead atoms. The molecular weight excluding hydrogens is 286 g/mol. The molecule has 2 rings (SSSR count). The van der Waals surface area contributed by atoms with Crippen molar-refractivity contribution in [1.29, 1.82) is 0 Å². The molecule has 1 unspecified atom stereocenters. The maximum absolute atomic E-state index is 6.46. The van der Waals surface area contributed by atoms with E-state index in [1.54, 1.807) is 11.3 Å². The maximum Gasteiger partial charge on any atom is 0.0686 e. The second kappa shape index (κ2) is 7.26. The summed E-state index contributed by atoms with van der Waals surface area (Å²) in [4.78, 5) is 1.22. The smallest absolute Gasteiger partial charge is 0.0686 e. The van der Waals surface area contributed by atoms with Crippen LogP contribution in [-0.2, 0) is 6.42 Å². The van der Waals surface area contributed by atoms with E-state index in [2.05, 4.69) is 55.7 Å². The Kier molecular flexibility index (Phi) is 5.64. The van der Waals surface area contributed by atoms with E-state index < -0.39 is 0 Å². The zero-order valence-electron chi connectivity index (χ0n) is 12.4. The van der Waals surface area contributed by atoms with Crippen LogP contribution in [0, 0.1) is 6.92 Å². The number of hydrogen-bond acceptors (Lipinski definition) is 2. The minimum absolute atomic E-state index is 0.201. The van der Waals surface area contributed by atoms with E-state index in [1.807, 2.05) is 0 Å². The lowest BCUT2D eigenvalue weighted by Crippen LogP contribution is -2.22. The summed E-state index contributed by atoms with van der Waals surface area (Å²) in [6.45, 7) is 7.43. The van der Waals surface area contributed by atoms with Crippen LogP contribution in [0.4, 0.5) is 0 Å². The highest BCUT2D eigenvalue weighted by molar-refractivity contribution is 7.10. The Balaban J connectivity index is 2.33. The van der Waals surface area contributed by atoms with Crippen LogP contribution >= 0.6 is 22.9 Å². The van der Waals surface area contributed by atoms with Crippen LogP contribution in [0.3, 0.4) is 0 Å². The van der Waals surface area contributed by atoms with Crippen LogP contribution in [0.25, 0.3) is 0 Å². The molecule has 3 heteroatoms. The van der Waals surface area contributed by atoms with Crippen LogP contribution < -0.4 is 5.32 Å². The molecule has 1 aromatic heterocycles. The molecule has 2 aromatic rings. The number of benzene rings is 1. The Labute approximate surface area is 131 Å². The van der Waals surface area contributed by atoms with Crippen molar-refractivity contribution in [2.45, 2.75) is 39.7 Å². The minimum atomic E-state index is 0.201. The fourth-order valence-corrected chi connectivity index (χ4v) is 3.64. The highest BCUT2D eigenvalue weighted by atomic mass is 35.5. The summed E-state index contributed by atoms with van der Waals surface area (Å²) in [5, 5.41) is 6.66. The average Bonchev–Trinajstić information content (AvgIpc) is 2.81. The van der Waals surface area contributed by atoms with Gasteiger partial charge in [-0.3, -0.25) is 0 Å². The predicted octanol–water partition coefficient (Wildman–Crippen LogP) is 5.36. The number of halogens is 1. The first kappa shape index (κ1) is 15.6. The van der Waals surface area contributed by atoms with Crippen molar-refractivity contribution in [3.8, 4) is 0 Å². The van der Waals surface area contributed by atoms with Crippen molar-refractivity contribution in [3.63, 3.8) is 0 Å². The van der Waals surface area contributed by atoms with Crippen LogP contribution in [0.15, 0.2) is 29.6 Å². The Morgan fingerprint density at radius 3 is 2.40 bits per heavy atom. The van der Waals surface area contributed by atoms with Gasteiger partial charge in [-0.2, -0.15) is 0 Å². The summed E-state index contributed by atoms with van der Waals surface area (Å²) < 4.78 is 0. The lowest BCUT2D eigenvalue weighted by atomic mass is 10.0. The molecule has 1 N–H and O–H groups in total. The predicted molar refractivity (Wildman–Crippen MR) is 90.0 cm³/mol. The molecule has 0 fully saturated rings. The largest absolute Gasteiger partial charge is 0.306 e. The molecule has 0 saturated carbocycles. The van der Waals surface area contributed by atoms with Gasteiger partial charge in [-0.05, 0) is 48.4 Å². The monoisotopic (exact) mass is 307 g/mol. The van der Waals surface area contributed by atoms with E-state index in [9.17, 15) is 0 Å².